The van der Waals surface area contributed by atoms with Crippen molar-refractivity contribution in [3.8, 4) is 0 Å². The van der Waals surface area contributed by atoms with E-state index in [1.807, 2.05) is 27.7 Å². The Morgan fingerprint density at radius 2 is 2.00 bits per heavy atom. The Hall–Kier alpha value is -0.860. The van der Waals surface area contributed by atoms with Crippen LogP contribution in [0.4, 0.5) is 0 Å². The van der Waals surface area contributed by atoms with E-state index in [-0.39, 0.29) is 29.3 Å². The number of hydrogen-bond donors (Lipinski definition) is 0. The fourth-order valence-electron chi connectivity index (χ4n) is 1.69. The van der Waals surface area contributed by atoms with Crippen molar-refractivity contribution in [2.24, 2.45) is 17.3 Å². The first-order chi connectivity index (χ1) is 5.91. The maximum Gasteiger partial charge on any atom is 0.310 e. The summed E-state index contributed by atoms with van der Waals surface area (Å²) in [6, 6.07) is 0. The molecule has 1 fully saturated rings. The fraction of sp³-hybridized carbons (Fsp3) is 0.800. The molecule has 0 bridgehead atoms. The molecule has 1 aliphatic rings. The Morgan fingerprint density at radius 3 is 2.31 bits per heavy atom. The monoisotopic (exact) mass is 184 g/mol. The first-order valence-electron chi connectivity index (χ1n) is 4.57. The lowest BCUT2D eigenvalue weighted by Gasteiger charge is -2.07. The van der Waals surface area contributed by atoms with Crippen molar-refractivity contribution in [2.45, 2.75) is 33.8 Å². The fourth-order valence-corrected chi connectivity index (χ4v) is 1.69. The molecule has 0 aromatic heterocycles. The molecular formula is C10H16O3. The molecule has 0 saturated heterocycles. The second-order valence-electron chi connectivity index (χ2n) is 4.45. The molecular weight excluding hydrogens is 168 g/mol. The van der Waals surface area contributed by atoms with Crippen molar-refractivity contribution in [1.82, 2.24) is 0 Å². The largest absolute Gasteiger partial charge is 0.463 e. The number of ether oxygens (including phenoxy) is 1. The molecule has 0 amide bonds. The van der Waals surface area contributed by atoms with Crippen LogP contribution < -0.4 is 0 Å². The standard InChI is InChI=1S/C10H16O3/c1-6(2)13-9(12)8-7(5-11)10(8,3)4/h5-8H,1-4H3. The van der Waals surface area contributed by atoms with Gasteiger partial charge in [0.2, 0.25) is 0 Å². The maximum absolute atomic E-state index is 11.4. The third kappa shape index (κ3) is 1.74. The van der Waals surface area contributed by atoms with Gasteiger partial charge in [0.1, 0.15) is 6.29 Å². The summed E-state index contributed by atoms with van der Waals surface area (Å²) in [5, 5.41) is 0. The van der Waals surface area contributed by atoms with E-state index in [0.29, 0.717) is 0 Å². The van der Waals surface area contributed by atoms with Crippen molar-refractivity contribution in [1.29, 1.82) is 0 Å². The second kappa shape index (κ2) is 3.13. The van der Waals surface area contributed by atoms with Crippen LogP contribution in [-0.2, 0) is 14.3 Å². The minimum absolute atomic E-state index is 0.101. The van der Waals surface area contributed by atoms with Crippen molar-refractivity contribution >= 4 is 12.3 Å². The summed E-state index contributed by atoms with van der Waals surface area (Å²) >= 11 is 0. The van der Waals surface area contributed by atoms with Gasteiger partial charge >= 0.3 is 5.97 Å². The molecule has 0 aliphatic heterocycles. The molecule has 1 saturated carbocycles. The minimum Gasteiger partial charge on any atom is -0.463 e. The summed E-state index contributed by atoms with van der Waals surface area (Å²) in [4.78, 5) is 22.0. The molecule has 2 atom stereocenters. The zero-order valence-corrected chi connectivity index (χ0v) is 8.53. The number of carbonyl (C=O) groups excluding carboxylic acids is 2. The van der Waals surface area contributed by atoms with Gasteiger partial charge < -0.3 is 9.53 Å². The average molecular weight is 184 g/mol. The first-order valence-corrected chi connectivity index (χ1v) is 4.57. The Balaban J connectivity index is 2.56. The highest BCUT2D eigenvalue weighted by Gasteiger charge is 2.62. The number of rotatable bonds is 3. The van der Waals surface area contributed by atoms with E-state index in [9.17, 15) is 9.59 Å². The predicted molar refractivity (Wildman–Crippen MR) is 48.1 cm³/mol. The van der Waals surface area contributed by atoms with Crippen LogP contribution in [0.15, 0.2) is 0 Å². The molecule has 0 spiro atoms. The SMILES string of the molecule is CC(C)OC(=O)C1C(C=O)C1(C)C. The van der Waals surface area contributed by atoms with Crippen LogP contribution in [0.25, 0.3) is 0 Å². The molecule has 0 aromatic rings. The van der Waals surface area contributed by atoms with E-state index < -0.39 is 0 Å². The Morgan fingerprint density at radius 1 is 1.46 bits per heavy atom. The van der Waals surface area contributed by atoms with Gasteiger partial charge in [-0.2, -0.15) is 0 Å². The molecule has 1 rings (SSSR count). The van der Waals surface area contributed by atoms with Crippen LogP contribution >= 0.6 is 0 Å². The van der Waals surface area contributed by atoms with Crippen LogP contribution in [0.2, 0.25) is 0 Å². The molecule has 3 nitrogen and oxygen atoms in total. The van der Waals surface area contributed by atoms with E-state index in [1.54, 1.807) is 0 Å². The Bertz CT molecular complexity index is 230. The number of esters is 1. The van der Waals surface area contributed by atoms with Gasteiger partial charge in [-0.05, 0) is 19.3 Å². The molecule has 0 N–H and O–H groups in total. The summed E-state index contributed by atoms with van der Waals surface area (Å²) < 4.78 is 5.04. The highest BCUT2D eigenvalue weighted by Crippen LogP contribution is 2.57. The van der Waals surface area contributed by atoms with E-state index in [0.717, 1.165) is 6.29 Å². The zero-order chi connectivity index (χ0) is 10.2. The number of carbonyl (C=O) groups is 2. The molecule has 2 unspecified atom stereocenters. The lowest BCUT2D eigenvalue weighted by Crippen LogP contribution is -2.15. The highest BCUT2D eigenvalue weighted by atomic mass is 16.5. The second-order valence-corrected chi connectivity index (χ2v) is 4.45. The zero-order valence-electron chi connectivity index (χ0n) is 8.53. The van der Waals surface area contributed by atoms with E-state index in [1.165, 1.54) is 0 Å². The molecule has 74 valence electrons. The molecule has 0 heterocycles. The van der Waals surface area contributed by atoms with Crippen LogP contribution in [0.1, 0.15) is 27.7 Å². The lowest BCUT2D eigenvalue weighted by atomic mass is 10.1. The summed E-state index contributed by atoms with van der Waals surface area (Å²) in [7, 11) is 0. The molecule has 1 aliphatic carbocycles. The van der Waals surface area contributed by atoms with E-state index in [2.05, 4.69) is 0 Å². The van der Waals surface area contributed by atoms with Crippen molar-refractivity contribution in [2.75, 3.05) is 0 Å². The maximum atomic E-state index is 11.4. The summed E-state index contributed by atoms with van der Waals surface area (Å²) in [6.45, 7) is 7.45. The highest BCUT2D eigenvalue weighted by molar-refractivity contribution is 5.84. The van der Waals surface area contributed by atoms with Gasteiger partial charge in [-0.15, -0.1) is 0 Å². The van der Waals surface area contributed by atoms with Crippen LogP contribution in [0.5, 0.6) is 0 Å². The summed E-state index contributed by atoms with van der Waals surface area (Å²) in [6.07, 6.45) is 0.753. The predicted octanol–water partition coefficient (Wildman–Crippen LogP) is 1.41. The molecule has 0 radical (unpaired) electrons. The summed E-state index contributed by atoms with van der Waals surface area (Å²) in [5.74, 6) is -0.622. The van der Waals surface area contributed by atoms with Crippen LogP contribution in [-0.4, -0.2) is 18.4 Å². The van der Waals surface area contributed by atoms with Gasteiger partial charge in [-0.3, -0.25) is 4.79 Å². The van der Waals surface area contributed by atoms with E-state index >= 15 is 0 Å². The summed E-state index contributed by atoms with van der Waals surface area (Å²) in [5.41, 5.74) is -0.201. The third-order valence-electron chi connectivity index (χ3n) is 2.66. The lowest BCUT2D eigenvalue weighted by molar-refractivity contribution is -0.150. The normalized spacial score (nSPS) is 29.9. The van der Waals surface area contributed by atoms with Gasteiger partial charge in [0, 0.05) is 5.92 Å². The minimum atomic E-state index is -0.239. The van der Waals surface area contributed by atoms with Crippen molar-refractivity contribution in [3.05, 3.63) is 0 Å². The first kappa shape index (κ1) is 10.2. The van der Waals surface area contributed by atoms with Crippen molar-refractivity contribution in [3.63, 3.8) is 0 Å². The van der Waals surface area contributed by atoms with Crippen molar-refractivity contribution < 1.29 is 14.3 Å². The van der Waals surface area contributed by atoms with Gasteiger partial charge in [-0.1, -0.05) is 13.8 Å². The number of aldehydes is 1. The molecule has 3 heteroatoms. The quantitative estimate of drug-likeness (QED) is 0.492. The third-order valence-corrected chi connectivity index (χ3v) is 2.66. The average Bonchev–Trinajstić information content (AvgIpc) is 2.51. The Labute approximate surface area is 78.5 Å². The van der Waals surface area contributed by atoms with Gasteiger partial charge in [0.25, 0.3) is 0 Å². The van der Waals surface area contributed by atoms with Gasteiger partial charge in [0.05, 0.1) is 12.0 Å². The van der Waals surface area contributed by atoms with E-state index in [4.69, 9.17) is 4.74 Å². The van der Waals surface area contributed by atoms with Gasteiger partial charge in [0.15, 0.2) is 0 Å². The Kier molecular flexibility index (Phi) is 2.46. The smallest absolute Gasteiger partial charge is 0.310 e. The van der Waals surface area contributed by atoms with Gasteiger partial charge in [-0.25, -0.2) is 0 Å². The van der Waals surface area contributed by atoms with Crippen LogP contribution in [0, 0.1) is 17.3 Å². The number of hydrogen-bond acceptors (Lipinski definition) is 3. The molecule has 0 aromatic carbocycles. The van der Waals surface area contributed by atoms with Crippen LogP contribution in [0.3, 0.4) is 0 Å². The topological polar surface area (TPSA) is 43.4 Å². The molecule has 13 heavy (non-hydrogen) atoms.